The van der Waals surface area contributed by atoms with E-state index in [-0.39, 0.29) is 11.8 Å². The zero-order chi connectivity index (χ0) is 14.6. The normalized spacial score (nSPS) is 25.6. The lowest BCUT2D eigenvalue weighted by Crippen LogP contribution is -2.54. The molecule has 0 radical (unpaired) electrons. The number of amides is 1. The fourth-order valence-electron chi connectivity index (χ4n) is 2.82. The van der Waals surface area contributed by atoms with Crippen LogP contribution in [0.3, 0.4) is 0 Å². The van der Waals surface area contributed by atoms with Crippen molar-refractivity contribution in [3.05, 3.63) is 24.3 Å². The number of nitrogens with two attached hydrogens (primary N) is 2. The first-order valence-electron chi connectivity index (χ1n) is 6.92. The minimum absolute atomic E-state index is 0.214. The first-order chi connectivity index (χ1) is 9.56. The Kier molecular flexibility index (Phi) is 4.94. The average molecular weight is 294 g/mol. The summed E-state index contributed by atoms with van der Waals surface area (Å²) < 4.78 is 5.13. The van der Waals surface area contributed by atoms with E-state index in [1.807, 2.05) is 24.3 Å². The lowest BCUT2D eigenvalue weighted by molar-refractivity contribution is -0.124. The fraction of sp³-hybridized carbons (Fsp3) is 0.533. The van der Waals surface area contributed by atoms with Crippen LogP contribution in [0.25, 0.3) is 0 Å². The van der Waals surface area contributed by atoms with Gasteiger partial charge in [0.1, 0.15) is 5.75 Å². The van der Waals surface area contributed by atoms with E-state index < -0.39 is 5.54 Å². The summed E-state index contributed by atoms with van der Waals surface area (Å²) in [6, 6.07) is 7.99. The van der Waals surface area contributed by atoms with Crippen LogP contribution in [0.4, 0.5) is 0 Å². The zero-order valence-corrected chi connectivity index (χ0v) is 12.6. The molecule has 2 unspecified atom stereocenters. The molecule has 0 aliphatic heterocycles. The molecule has 1 fully saturated rings. The summed E-state index contributed by atoms with van der Waals surface area (Å²) in [7, 11) is 1.66. The second-order valence-corrected chi connectivity index (χ2v) is 6.47. The maximum Gasteiger partial charge on any atom is 0.237 e. The number of hydrogen-bond donors (Lipinski definition) is 2. The number of rotatable bonds is 6. The molecule has 110 valence electrons. The Balaban J connectivity index is 1.84. The molecule has 5 heteroatoms. The number of benzene rings is 1. The van der Waals surface area contributed by atoms with Crippen molar-refractivity contribution < 1.29 is 9.53 Å². The Morgan fingerprint density at radius 1 is 1.45 bits per heavy atom. The van der Waals surface area contributed by atoms with Gasteiger partial charge in [-0.1, -0.05) is 6.42 Å². The predicted molar refractivity (Wildman–Crippen MR) is 81.8 cm³/mol. The largest absolute Gasteiger partial charge is 0.497 e. The van der Waals surface area contributed by atoms with Gasteiger partial charge in [-0.15, -0.1) is 11.8 Å². The van der Waals surface area contributed by atoms with Crippen LogP contribution in [-0.4, -0.2) is 24.3 Å². The standard InChI is InChI=1S/C15H22N2O2S/c1-19-12-4-6-13(7-5-12)20-10-8-11-3-2-9-15(11,17)14(16)18/h4-7,11H,2-3,8-10,17H2,1H3,(H2,16,18). The second-order valence-electron chi connectivity index (χ2n) is 5.31. The summed E-state index contributed by atoms with van der Waals surface area (Å²) in [4.78, 5) is 12.7. The van der Waals surface area contributed by atoms with Crippen LogP contribution in [0.5, 0.6) is 5.75 Å². The van der Waals surface area contributed by atoms with E-state index in [1.165, 1.54) is 4.90 Å². The molecule has 1 saturated carbocycles. The van der Waals surface area contributed by atoms with Crippen molar-refractivity contribution in [3.63, 3.8) is 0 Å². The van der Waals surface area contributed by atoms with Crippen molar-refractivity contribution in [1.29, 1.82) is 0 Å². The molecule has 1 aliphatic carbocycles. The number of hydrogen-bond acceptors (Lipinski definition) is 4. The van der Waals surface area contributed by atoms with Crippen molar-refractivity contribution in [3.8, 4) is 5.75 Å². The van der Waals surface area contributed by atoms with Gasteiger partial charge >= 0.3 is 0 Å². The molecule has 1 aromatic carbocycles. The van der Waals surface area contributed by atoms with Crippen molar-refractivity contribution in [2.45, 2.75) is 36.1 Å². The first kappa shape index (κ1) is 15.2. The van der Waals surface area contributed by atoms with Crippen molar-refractivity contribution in [2.24, 2.45) is 17.4 Å². The molecule has 0 bridgehead atoms. The molecule has 4 N–H and O–H groups in total. The number of thioether (sulfide) groups is 1. The van der Waals surface area contributed by atoms with E-state index in [0.717, 1.165) is 37.2 Å². The van der Waals surface area contributed by atoms with Crippen molar-refractivity contribution in [1.82, 2.24) is 0 Å². The summed E-state index contributed by atoms with van der Waals surface area (Å²) in [6.07, 6.45) is 3.65. The van der Waals surface area contributed by atoms with Gasteiger partial charge < -0.3 is 16.2 Å². The van der Waals surface area contributed by atoms with Gasteiger partial charge in [-0.2, -0.15) is 0 Å². The average Bonchev–Trinajstić information content (AvgIpc) is 2.82. The third-order valence-electron chi connectivity index (χ3n) is 4.12. The number of carbonyl (C=O) groups excluding carboxylic acids is 1. The van der Waals surface area contributed by atoms with Crippen LogP contribution in [0.2, 0.25) is 0 Å². The first-order valence-corrected chi connectivity index (χ1v) is 7.90. The van der Waals surface area contributed by atoms with Gasteiger partial charge in [0.2, 0.25) is 5.91 Å². The van der Waals surface area contributed by atoms with Gasteiger partial charge in [-0.3, -0.25) is 4.79 Å². The van der Waals surface area contributed by atoms with Crippen LogP contribution in [-0.2, 0) is 4.79 Å². The van der Waals surface area contributed by atoms with Crippen LogP contribution in [0, 0.1) is 5.92 Å². The topological polar surface area (TPSA) is 78.3 Å². The van der Waals surface area contributed by atoms with Crippen molar-refractivity contribution in [2.75, 3.05) is 12.9 Å². The molecular weight excluding hydrogens is 272 g/mol. The van der Waals surface area contributed by atoms with Gasteiger partial charge in [0.25, 0.3) is 0 Å². The number of ether oxygens (including phenoxy) is 1. The van der Waals surface area contributed by atoms with Gasteiger partial charge in [0, 0.05) is 4.90 Å². The Bertz CT molecular complexity index is 463. The van der Waals surface area contributed by atoms with Gasteiger partial charge in [-0.05, 0) is 55.2 Å². The van der Waals surface area contributed by atoms with E-state index in [2.05, 4.69) is 0 Å². The van der Waals surface area contributed by atoms with Crippen molar-refractivity contribution >= 4 is 17.7 Å². The van der Waals surface area contributed by atoms with Gasteiger partial charge in [0.15, 0.2) is 0 Å². The summed E-state index contributed by atoms with van der Waals surface area (Å²) in [6.45, 7) is 0. The molecular formula is C15H22N2O2S. The Labute approximate surface area is 124 Å². The fourth-order valence-corrected chi connectivity index (χ4v) is 3.79. The molecule has 2 rings (SSSR count). The van der Waals surface area contributed by atoms with Crippen LogP contribution in [0.1, 0.15) is 25.7 Å². The summed E-state index contributed by atoms with van der Waals surface area (Å²) in [5.74, 6) is 1.67. The quantitative estimate of drug-likeness (QED) is 0.788. The maximum atomic E-state index is 11.5. The lowest BCUT2D eigenvalue weighted by Gasteiger charge is -2.27. The SMILES string of the molecule is COc1ccc(SCCC2CCCC2(N)C(N)=O)cc1. The molecule has 0 saturated heterocycles. The van der Waals surface area contributed by atoms with E-state index in [4.69, 9.17) is 16.2 Å². The minimum Gasteiger partial charge on any atom is -0.497 e. The number of methoxy groups -OCH3 is 1. The molecule has 1 aromatic rings. The Hall–Kier alpha value is -1.20. The highest BCUT2D eigenvalue weighted by Gasteiger charge is 2.43. The third-order valence-corrected chi connectivity index (χ3v) is 5.17. The van der Waals surface area contributed by atoms with Crippen LogP contribution >= 0.6 is 11.8 Å². The third kappa shape index (κ3) is 3.27. The van der Waals surface area contributed by atoms with E-state index >= 15 is 0 Å². The second kappa shape index (κ2) is 6.50. The monoisotopic (exact) mass is 294 g/mol. The predicted octanol–water partition coefficient (Wildman–Crippen LogP) is 2.16. The molecule has 4 nitrogen and oxygen atoms in total. The zero-order valence-electron chi connectivity index (χ0n) is 11.8. The molecule has 20 heavy (non-hydrogen) atoms. The van der Waals surface area contributed by atoms with E-state index in [0.29, 0.717) is 0 Å². The van der Waals surface area contributed by atoms with Crippen LogP contribution in [0.15, 0.2) is 29.2 Å². The number of primary amides is 1. The Morgan fingerprint density at radius 3 is 2.75 bits per heavy atom. The minimum atomic E-state index is -0.791. The lowest BCUT2D eigenvalue weighted by atomic mass is 9.85. The highest BCUT2D eigenvalue weighted by molar-refractivity contribution is 7.99. The highest BCUT2D eigenvalue weighted by Crippen LogP contribution is 2.37. The molecule has 1 aliphatic rings. The van der Waals surface area contributed by atoms with Crippen LogP contribution < -0.4 is 16.2 Å². The molecule has 0 spiro atoms. The molecule has 2 atom stereocenters. The summed E-state index contributed by atoms with van der Waals surface area (Å²) in [5.41, 5.74) is 10.8. The van der Waals surface area contributed by atoms with Gasteiger partial charge in [-0.25, -0.2) is 0 Å². The van der Waals surface area contributed by atoms with E-state index in [1.54, 1.807) is 18.9 Å². The summed E-state index contributed by atoms with van der Waals surface area (Å²) >= 11 is 1.78. The molecule has 1 amide bonds. The molecule has 0 aromatic heterocycles. The van der Waals surface area contributed by atoms with E-state index in [9.17, 15) is 4.79 Å². The summed E-state index contributed by atoms with van der Waals surface area (Å²) in [5, 5.41) is 0. The highest BCUT2D eigenvalue weighted by atomic mass is 32.2. The Morgan fingerprint density at radius 2 is 2.15 bits per heavy atom. The molecule has 0 heterocycles. The van der Waals surface area contributed by atoms with Gasteiger partial charge in [0.05, 0.1) is 12.6 Å². The maximum absolute atomic E-state index is 11.5. The smallest absolute Gasteiger partial charge is 0.237 e. The number of carbonyl (C=O) groups is 1.